The third-order valence-corrected chi connectivity index (χ3v) is 5.81. The summed E-state index contributed by atoms with van der Waals surface area (Å²) in [6.45, 7) is 16.5. The highest BCUT2D eigenvalue weighted by atomic mass is 28.3. The monoisotopic (exact) mass is 372 g/mol. The quantitative estimate of drug-likeness (QED) is 0.454. The fraction of sp³-hybridized carbons (Fsp3) is 0.550. The molecule has 0 radical (unpaired) electrons. The van der Waals surface area contributed by atoms with Crippen LogP contribution in [0.15, 0.2) is 12.1 Å². The SMILES string of the molecule is COC(=O)c1cc(B2OC(C)(C)C(C)(C)O2)cc(C#C[Si](C)(C)C)c1C. The maximum Gasteiger partial charge on any atom is 0.494 e. The minimum atomic E-state index is -1.55. The molecule has 0 aliphatic carbocycles. The van der Waals surface area contributed by atoms with Crippen LogP contribution in [0.5, 0.6) is 0 Å². The Morgan fingerprint density at radius 3 is 2.12 bits per heavy atom. The maximum absolute atomic E-state index is 12.3. The minimum Gasteiger partial charge on any atom is -0.465 e. The molecule has 0 unspecified atom stereocenters. The van der Waals surface area contributed by atoms with Gasteiger partial charge in [0.1, 0.15) is 8.07 Å². The van der Waals surface area contributed by atoms with Gasteiger partial charge in [-0.3, -0.25) is 0 Å². The number of hydrogen-bond acceptors (Lipinski definition) is 4. The van der Waals surface area contributed by atoms with E-state index < -0.39 is 26.4 Å². The first kappa shape index (κ1) is 20.8. The van der Waals surface area contributed by atoms with Gasteiger partial charge in [-0.25, -0.2) is 4.79 Å². The summed E-state index contributed by atoms with van der Waals surface area (Å²) in [4.78, 5) is 12.3. The van der Waals surface area contributed by atoms with Crippen LogP contribution in [0.4, 0.5) is 0 Å². The van der Waals surface area contributed by atoms with E-state index in [0.29, 0.717) is 5.56 Å². The van der Waals surface area contributed by atoms with Crippen LogP contribution in [-0.4, -0.2) is 39.5 Å². The summed E-state index contributed by atoms with van der Waals surface area (Å²) < 4.78 is 17.2. The van der Waals surface area contributed by atoms with E-state index in [1.165, 1.54) is 7.11 Å². The smallest absolute Gasteiger partial charge is 0.465 e. The van der Waals surface area contributed by atoms with E-state index in [9.17, 15) is 4.79 Å². The molecule has 1 saturated heterocycles. The van der Waals surface area contributed by atoms with Crippen molar-refractivity contribution in [3.63, 3.8) is 0 Å². The zero-order valence-corrected chi connectivity index (χ0v) is 18.4. The highest BCUT2D eigenvalue weighted by molar-refractivity contribution is 6.83. The first-order chi connectivity index (χ1) is 11.8. The summed E-state index contributed by atoms with van der Waals surface area (Å²) >= 11 is 0. The predicted molar refractivity (Wildman–Crippen MR) is 108 cm³/mol. The van der Waals surface area contributed by atoms with E-state index in [1.807, 2.05) is 40.7 Å². The van der Waals surface area contributed by atoms with Crippen molar-refractivity contribution in [3.05, 3.63) is 28.8 Å². The number of carbonyl (C=O) groups is 1. The third-order valence-electron chi connectivity index (χ3n) is 4.93. The van der Waals surface area contributed by atoms with Crippen molar-refractivity contribution in [3.8, 4) is 11.5 Å². The van der Waals surface area contributed by atoms with Crippen molar-refractivity contribution in [2.24, 2.45) is 0 Å². The number of esters is 1. The molecule has 0 atom stereocenters. The van der Waals surface area contributed by atoms with Crippen molar-refractivity contribution in [1.29, 1.82) is 0 Å². The first-order valence-corrected chi connectivity index (χ1v) is 12.4. The van der Waals surface area contributed by atoms with E-state index in [-0.39, 0.29) is 5.97 Å². The molecule has 1 aliphatic heterocycles. The molecule has 140 valence electrons. The number of ether oxygens (including phenoxy) is 1. The molecule has 0 bridgehead atoms. The molecule has 1 aromatic rings. The van der Waals surface area contributed by atoms with Crippen molar-refractivity contribution in [2.45, 2.75) is 65.5 Å². The van der Waals surface area contributed by atoms with Gasteiger partial charge in [-0.05, 0) is 57.8 Å². The molecule has 1 fully saturated rings. The summed E-state index contributed by atoms with van der Waals surface area (Å²) in [5, 5.41) is 0. The van der Waals surface area contributed by atoms with Gasteiger partial charge in [0.2, 0.25) is 0 Å². The van der Waals surface area contributed by atoms with Crippen molar-refractivity contribution >= 4 is 26.6 Å². The van der Waals surface area contributed by atoms with E-state index in [1.54, 1.807) is 6.07 Å². The van der Waals surface area contributed by atoms with Gasteiger partial charge in [0.25, 0.3) is 0 Å². The molecule has 1 aromatic carbocycles. The molecule has 0 spiro atoms. The lowest BCUT2D eigenvalue weighted by Gasteiger charge is -2.32. The largest absolute Gasteiger partial charge is 0.494 e. The summed E-state index contributed by atoms with van der Waals surface area (Å²) in [5.74, 6) is 2.89. The lowest BCUT2D eigenvalue weighted by Crippen LogP contribution is -2.41. The lowest BCUT2D eigenvalue weighted by molar-refractivity contribution is 0.00578. The average Bonchev–Trinajstić information content (AvgIpc) is 2.72. The van der Waals surface area contributed by atoms with Gasteiger partial charge in [-0.1, -0.05) is 25.6 Å². The second kappa shape index (κ2) is 6.88. The highest BCUT2D eigenvalue weighted by Gasteiger charge is 2.51. The van der Waals surface area contributed by atoms with Crippen LogP contribution in [0.3, 0.4) is 0 Å². The lowest BCUT2D eigenvalue weighted by atomic mass is 9.76. The van der Waals surface area contributed by atoms with Crippen LogP contribution in [0.1, 0.15) is 49.2 Å². The van der Waals surface area contributed by atoms with Crippen molar-refractivity contribution in [1.82, 2.24) is 0 Å². The second-order valence-electron chi connectivity index (χ2n) is 8.82. The second-order valence-corrected chi connectivity index (χ2v) is 13.6. The predicted octanol–water partition coefficient (Wildman–Crippen LogP) is 3.31. The van der Waals surface area contributed by atoms with E-state index in [4.69, 9.17) is 14.0 Å². The van der Waals surface area contributed by atoms with Gasteiger partial charge in [-0.2, -0.15) is 0 Å². The molecule has 26 heavy (non-hydrogen) atoms. The molecule has 6 heteroatoms. The summed E-state index contributed by atoms with van der Waals surface area (Å²) in [7, 11) is -0.710. The highest BCUT2D eigenvalue weighted by Crippen LogP contribution is 2.36. The van der Waals surface area contributed by atoms with E-state index >= 15 is 0 Å². The Morgan fingerprint density at radius 2 is 1.65 bits per heavy atom. The molecule has 1 heterocycles. The Kier molecular flexibility index (Phi) is 5.49. The summed E-state index contributed by atoms with van der Waals surface area (Å²) in [6, 6.07) is 3.76. The van der Waals surface area contributed by atoms with Gasteiger partial charge < -0.3 is 14.0 Å². The summed E-state index contributed by atoms with van der Waals surface area (Å²) in [6.07, 6.45) is 0. The van der Waals surface area contributed by atoms with Gasteiger partial charge >= 0.3 is 13.1 Å². The fourth-order valence-corrected chi connectivity index (χ4v) is 3.07. The zero-order valence-electron chi connectivity index (χ0n) is 17.4. The Bertz CT molecular complexity index is 765. The Balaban J connectivity index is 2.57. The van der Waals surface area contributed by atoms with Gasteiger partial charge in [0.05, 0.1) is 23.9 Å². The molecule has 4 nitrogen and oxygen atoms in total. The maximum atomic E-state index is 12.3. The standard InChI is InChI=1S/C20H29BO4Si/c1-14-15(10-11-26(7,8)9)12-16(13-17(14)18(22)23-6)21-24-19(2,3)20(4,5)25-21/h12-13H,1-9H3. The van der Waals surface area contributed by atoms with Crippen molar-refractivity contribution in [2.75, 3.05) is 7.11 Å². The van der Waals surface area contributed by atoms with Crippen molar-refractivity contribution < 1.29 is 18.8 Å². The molecule has 2 rings (SSSR count). The zero-order chi connectivity index (χ0) is 19.9. The minimum absolute atomic E-state index is 0.378. The van der Waals surface area contributed by atoms with Crippen LogP contribution >= 0.6 is 0 Å². The third kappa shape index (κ3) is 4.22. The number of hydrogen-bond donors (Lipinski definition) is 0. The average molecular weight is 372 g/mol. The van der Waals surface area contributed by atoms with Gasteiger partial charge in [0, 0.05) is 5.56 Å². The van der Waals surface area contributed by atoms with Crippen LogP contribution in [0.25, 0.3) is 0 Å². The Hall–Kier alpha value is -1.55. The van der Waals surface area contributed by atoms with Crippen LogP contribution in [0, 0.1) is 18.4 Å². The topological polar surface area (TPSA) is 44.8 Å². The molecule has 0 amide bonds. The molecular formula is C20H29BO4Si. The number of methoxy groups -OCH3 is 1. The Morgan fingerprint density at radius 1 is 1.12 bits per heavy atom. The van der Waals surface area contributed by atoms with Gasteiger partial charge in [0.15, 0.2) is 0 Å². The normalized spacial score (nSPS) is 18.3. The molecule has 0 N–H and O–H groups in total. The van der Waals surface area contributed by atoms with Gasteiger partial charge in [-0.15, -0.1) is 5.54 Å². The molecule has 0 aromatic heterocycles. The van der Waals surface area contributed by atoms with Crippen LogP contribution in [-0.2, 0) is 14.0 Å². The van der Waals surface area contributed by atoms with Crippen LogP contribution < -0.4 is 5.46 Å². The molecule has 1 aliphatic rings. The number of carbonyl (C=O) groups excluding carboxylic acids is 1. The number of rotatable bonds is 2. The molecule has 0 saturated carbocycles. The summed E-state index contributed by atoms with van der Waals surface area (Å²) in [5.41, 5.74) is 5.40. The fourth-order valence-electron chi connectivity index (χ4n) is 2.56. The molecular weight excluding hydrogens is 343 g/mol. The van der Waals surface area contributed by atoms with E-state index in [0.717, 1.165) is 16.6 Å². The first-order valence-electron chi connectivity index (χ1n) is 8.89. The van der Waals surface area contributed by atoms with E-state index in [2.05, 4.69) is 31.1 Å². The van der Waals surface area contributed by atoms with Crippen LogP contribution in [0.2, 0.25) is 19.6 Å². The number of benzene rings is 1. The Labute approximate surface area is 158 Å².